The maximum absolute atomic E-state index is 6.18. The van der Waals surface area contributed by atoms with Crippen LogP contribution in [0.25, 0.3) is 0 Å². The van der Waals surface area contributed by atoms with Crippen molar-refractivity contribution in [3.8, 4) is 11.5 Å². The number of hydrogen-bond donors (Lipinski definition) is 1. The van der Waals surface area contributed by atoms with Gasteiger partial charge in [-0.2, -0.15) is 0 Å². The summed E-state index contributed by atoms with van der Waals surface area (Å²) in [6.07, 6.45) is 0. The Hall–Kier alpha value is -0.550. The van der Waals surface area contributed by atoms with Crippen LogP contribution in [0.4, 0.5) is 0 Å². The standard InChI is InChI=1S/C14H12Br2ClNO/c1-8(18)11-4-3-10(7-13(11)17)19-14-5-2-9(15)6-12(14)16/h2-8H,18H2,1H3. The van der Waals surface area contributed by atoms with Crippen LogP contribution in [0.5, 0.6) is 11.5 Å². The summed E-state index contributed by atoms with van der Waals surface area (Å²) in [7, 11) is 0. The first-order valence-electron chi connectivity index (χ1n) is 5.65. The summed E-state index contributed by atoms with van der Waals surface area (Å²) in [6, 6.07) is 11.1. The van der Waals surface area contributed by atoms with Crippen LogP contribution in [0.2, 0.25) is 5.02 Å². The minimum Gasteiger partial charge on any atom is -0.456 e. The van der Waals surface area contributed by atoms with E-state index in [1.54, 1.807) is 6.07 Å². The van der Waals surface area contributed by atoms with Crippen molar-refractivity contribution in [1.82, 2.24) is 0 Å². The van der Waals surface area contributed by atoms with E-state index in [1.807, 2.05) is 37.3 Å². The van der Waals surface area contributed by atoms with E-state index in [9.17, 15) is 0 Å². The van der Waals surface area contributed by atoms with Crippen LogP contribution < -0.4 is 10.5 Å². The Labute approximate surface area is 134 Å². The van der Waals surface area contributed by atoms with Gasteiger partial charge < -0.3 is 10.5 Å². The van der Waals surface area contributed by atoms with Crippen LogP contribution in [0, 0.1) is 0 Å². The topological polar surface area (TPSA) is 35.2 Å². The lowest BCUT2D eigenvalue weighted by Crippen LogP contribution is -2.05. The van der Waals surface area contributed by atoms with E-state index in [0.29, 0.717) is 10.8 Å². The zero-order valence-corrected chi connectivity index (χ0v) is 14.1. The molecule has 100 valence electrons. The molecule has 1 atom stereocenters. The van der Waals surface area contributed by atoms with Gasteiger partial charge in [0.2, 0.25) is 0 Å². The maximum Gasteiger partial charge on any atom is 0.141 e. The molecule has 0 aliphatic heterocycles. The van der Waals surface area contributed by atoms with Crippen molar-refractivity contribution < 1.29 is 4.74 Å². The lowest BCUT2D eigenvalue weighted by Gasteiger charge is -2.12. The summed E-state index contributed by atoms with van der Waals surface area (Å²) in [5, 5.41) is 0.612. The van der Waals surface area contributed by atoms with Gasteiger partial charge in [-0.25, -0.2) is 0 Å². The van der Waals surface area contributed by atoms with Crippen LogP contribution in [0.3, 0.4) is 0 Å². The van der Waals surface area contributed by atoms with Crippen LogP contribution in [-0.4, -0.2) is 0 Å². The molecule has 1 unspecified atom stereocenters. The second-order valence-electron chi connectivity index (χ2n) is 4.15. The molecule has 2 aromatic carbocycles. The van der Waals surface area contributed by atoms with Crippen molar-refractivity contribution in [2.24, 2.45) is 5.73 Å². The van der Waals surface area contributed by atoms with Crippen molar-refractivity contribution >= 4 is 43.5 Å². The van der Waals surface area contributed by atoms with Gasteiger partial charge in [-0.3, -0.25) is 0 Å². The van der Waals surface area contributed by atoms with Crippen LogP contribution in [0.15, 0.2) is 45.3 Å². The molecule has 0 heterocycles. The average molecular weight is 406 g/mol. The predicted octanol–water partition coefficient (Wildman–Crippen LogP) is 5.68. The van der Waals surface area contributed by atoms with E-state index < -0.39 is 0 Å². The fourth-order valence-electron chi connectivity index (χ4n) is 1.63. The van der Waals surface area contributed by atoms with Gasteiger partial charge in [-0.15, -0.1) is 0 Å². The summed E-state index contributed by atoms with van der Waals surface area (Å²) >= 11 is 13.0. The zero-order valence-electron chi connectivity index (χ0n) is 10.2. The van der Waals surface area contributed by atoms with Gasteiger partial charge in [0.1, 0.15) is 11.5 Å². The largest absolute Gasteiger partial charge is 0.456 e. The summed E-state index contributed by atoms with van der Waals surface area (Å²) in [6.45, 7) is 1.90. The SMILES string of the molecule is CC(N)c1ccc(Oc2ccc(Br)cc2Br)cc1Cl. The summed E-state index contributed by atoms with van der Waals surface area (Å²) in [5.41, 5.74) is 6.73. The molecular formula is C14H12Br2ClNO. The highest BCUT2D eigenvalue weighted by Crippen LogP contribution is 2.34. The molecule has 0 radical (unpaired) electrons. The highest BCUT2D eigenvalue weighted by atomic mass is 79.9. The Bertz CT molecular complexity index is 602. The molecule has 5 heteroatoms. The highest BCUT2D eigenvalue weighted by Gasteiger charge is 2.08. The van der Waals surface area contributed by atoms with E-state index in [0.717, 1.165) is 20.3 Å². The minimum absolute atomic E-state index is 0.0963. The molecule has 0 aliphatic rings. The molecular weight excluding hydrogens is 393 g/mol. The number of hydrogen-bond acceptors (Lipinski definition) is 2. The van der Waals surface area contributed by atoms with E-state index in [-0.39, 0.29) is 6.04 Å². The molecule has 2 rings (SSSR count). The second-order valence-corrected chi connectivity index (χ2v) is 6.33. The van der Waals surface area contributed by atoms with E-state index in [1.165, 1.54) is 0 Å². The minimum atomic E-state index is -0.0963. The molecule has 2 aromatic rings. The Morgan fingerprint density at radius 2 is 1.89 bits per heavy atom. The first kappa shape index (κ1) is 14.9. The van der Waals surface area contributed by atoms with E-state index in [2.05, 4.69) is 31.9 Å². The molecule has 0 spiro atoms. The van der Waals surface area contributed by atoms with Crippen molar-refractivity contribution in [3.63, 3.8) is 0 Å². The molecule has 0 bridgehead atoms. The summed E-state index contributed by atoms with van der Waals surface area (Å²) in [5.74, 6) is 1.41. The zero-order chi connectivity index (χ0) is 14.0. The molecule has 0 saturated heterocycles. The van der Waals surface area contributed by atoms with Crippen LogP contribution >= 0.6 is 43.5 Å². The van der Waals surface area contributed by atoms with Gasteiger partial charge in [0.05, 0.1) is 4.47 Å². The first-order valence-corrected chi connectivity index (χ1v) is 7.61. The normalized spacial score (nSPS) is 12.3. The lowest BCUT2D eigenvalue weighted by molar-refractivity contribution is 0.479. The third kappa shape index (κ3) is 3.72. The van der Waals surface area contributed by atoms with Crippen LogP contribution in [0.1, 0.15) is 18.5 Å². The molecule has 0 amide bonds. The third-order valence-corrected chi connectivity index (χ3v) is 4.02. The molecule has 19 heavy (non-hydrogen) atoms. The first-order chi connectivity index (χ1) is 8.97. The van der Waals surface area contributed by atoms with E-state index >= 15 is 0 Å². The molecule has 0 fully saturated rings. The molecule has 0 aromatic heterocycles. The maximum atomic E-state index is 6.18. The number of ether oxygens (including phenoxy) is 1. The Morgan fingerprint density at radius 1 is 1.16 bits per heavy atom. The molecule has 0 saturated carbocycles. The monoisotopic (exact) mass is 403 g/mol. The smallest absolute Gasteiger partial charge is 0.141 e. The quantitative estimate of drug-likeness (QED) is 0.713. The average Bonchev–Trinajstić information content (AvgIpc) is 2.32. The van der Waals surface area contributed by atoms with Crippen molar-refractivity contribution in [2.75, 3.05) is 0 Å². The van der Waals surface area contributed by atoms with Gasteiger partial charge in [-0.1, -0.05) is 33.6 Å². The molecule has 2 nitrogen and oxygen atoms in total. The fourth-order valence-corrected chi connectivity index (χ4v) is 3.10. The van der Waals surface area contributed by atoms with Crippen LogP contribution in [-0.2, 0) is 0 Å². The Balaban J connectivity index is 2.26. The predicted molar refractivity (Wildman–Crippen MR) is 86.0 cm³/mol. The Morgan fingerprint density at radius 3 is 2.47 bits per heavy atom. The van der Waals surface area contributed by atoms with Gasteiger partial charge in [-0.05, 0) is 58.7 Å². The lowest BCUT2D eigenvalue weighted by atomic mass is 10.1. The number of rotatable bonds is 3. The van der Waals surface area contributed by atoms with E-state index in [4.69, 9.17) is 22.1 Å². The van der Waals surface area contributed by atoms with Gasteiger partial charge in [0.25, 0.3) is 0 Å². The summed E-state index contributed by atoms with van der Waals surface area (Å²) in [4.78, 5) is 0. The fraction of sp³-hybridized carbons (Fsp3) is 0.143. The second kappa shape index (κ2) is 6.27. The third-order valence-electron chi connectivity index (χ3n) is 2.58. The van der Waals surface area contributed by atoms with Gasteiger partial charge in [0, 0.05) is 15.5 Å². The van der Waals surface area contributed by atoms with Crippen molar-refractivity contribution in [1.29, 1.82) is 0 Å². The highest BCUT2D eigenvalue weighted by molar-refractivity contribution is 9.11. The molecule has 2 N–H and O–H groups in total. The van der Waals surface area contributed by atoms with Crippen molar-refractivity contribution in [2.45, 2.75) is 13.0 Å². The number of benzene rings is 2. The van der Waals surface area contributed by atoms with Crippen molar-refractivity contribution in [3.05, 3.63) is 55.9 Å². The molecule has 0 aliphatic carbocycles. The number of halogens is 3. The van der Waals surface area contributed by atoms with Gasteiger partial charge >= 0.3 is 0 Å². The summed E-state index contributed by atoms with van der Waals surface area (Å²) < 4.78 is 7.64. The van der Waals surface area contributed by atoms with Gasteiger partial charge in [0.15, 0.2) is 0 Å². The Kier molecular flexibility index (Phi) is 4.90. The number of nitrogens with two attached hydrogens (primary N) is 1.